The second-order valence-electron chi connectivity index (χ2n) is 12.5. The molecule has 4 rings (SSSR count). The normalized spacial score (nSPS) is 28.4. The van der Waals surface area contributed by atoms with Crippen molar-refractivity contribution < 1.29 is 38.5 Å². The molecule has 0 radical (unpaired) electrons. The Hall–Kier alpha value is -3.06. The van der Waals surface area contributed by atoms with Gasteiger partial charge in [-0.3, -0.25) is 19.2 Å². The third kappa shape index (κ3) is 6.67. The highest BCUT2D eigenvalue weighted by molar-refractivity contribution is 9.09. The summed E-state index contributed by atoms with van der Waals surface area (Å²) in [6.45, 7) is 12.8. The Morgan fingerprint density at radius 2 is 1.91 bits per heavy atom. The maximum atomic E-state index is 14.4. The summed E-state index contributed by atoms with van der Waals surface area (Å²) < 4.78 is 18.3. The quantitative estimate of drug-likeness (QED) is 0.153. The van der Waals surface area contributed by atoms with Crippen LogP contribution in [0.5, 0.6) is 0 Å². The van der Waals surface area contributed by atoms with E-state index in [0.29, 0.717) is 18.4 Å². The zero-order valence-corrected chi connectivity index (χ0v) is 28.6. The lowest BCUT2D eigenvalue weighted by Crippen LogP contribution is -2.59. The zero-order valence-electron chi connectivity index (χ0n) is 27.0. The van der Waals surface area contributed by atoms with Crippen LogP contribution >= 0.6 is 15.9 Å². The molecule has 11 nitrogen and oxygen atoms in total. The number of benzene rings is 1. The van der Waals surface area contributed by atoms with E-state index in [1.807, 2.05) is 19.9 Å². The summed E-state index contributed by atoms with van der Waals surface area (Å²) in [5.41, 5.74) is -0.684. The van der Waals surface area contributed by atoms with Crippen LogP contribution in [0.1, 0.15) is 51.7 Å². The number of aliphatic hydroxyl groups excluding tert-OH is 1. The molecule has 3 aliphatic heterocycles. The fourth-order valence-electron chi connectivity index (χ4n) is 7.16. The number of carbonyl (C=O) groups is 4. The molecule has 3 fully saturated rings. The van der Waals surface area contributed by atoms with Crippen LogP contribution in [0.4, 0.5) is 0 Å². The van der Waals surface area contributed by atoms with E-state index in [2.05, 4.69) is 34.4 Å². The minimum Gasteiger partial charge on any atom is -0.455 e. The summed E-state index contributed by atoms with van der Waals surface area (Å²) in [7, 11) is 1.49. The predicted octanol–water partition coefficient (Wildman–Crippen LogP) is 2.92. The van der Waals surface area contributed by atoms with Gasteiger partial charge in [0, 0.05) is 30.9 Å². The van der Waals surface area contributed by atoms with Gasteiger partial charge < -0.3 is 34.4 Å². The van der Waals surface area contributed by atoms with Gasteiger partial charge in [-0.05, 0) is 39.2 Å². The second kappa shape index (κ2) is 15.2. The molecule has 3 aliphatic rings. The number of halogens is 1. The smallest absolute Gasteiger partial charge is 0.313 e. The van der Waals surface area contributed by atoms with Crippen molar-refractivity contribution in [3.8, 4) is 0 Å². The second-order valence-corrected chi connectivity index (χ2v) is 13.7. The third-order valence-corrected chi connectivity index (χ3v) is 10.1. The number of alkyl halides is 1. The van der Waals surface area contributed by atoms with E-state index in [1.165, 1.54) is 12.0 Å². The van der Waals surface area contributed by atoms with Crippen LogP contribution in [0, 0.1) is 11.8 Å². The number of esters is 1. The van der Waals surface area contributed by atoms with E-state index >= 15 is 0 Å². The topological polar surface area (TPSA) is 135 Å². The largest absolute Gasteiger partial charge is 0.455 e. The Kier molecular flexibility index (Phi) is 11.8. The highest BCUT2D eigenvalue weighted by Crippen LogP contribution is 2.61. The summed E-state index contributed by atoms with van der Waals surface area (Å²) in [5.74, 6) is -3.76. The highest BCUT2D eigenvalue weighted by Gasteiger charge is 2.77. The molecule has 3 amide bonds. The number of methoxy groups -OCH3 is 1. The summed E-state index contributed by atoms with van der Waals surface area (Å²) in [5, 5.41) is 13.1. The van der Waals surface area contributed by atoms with Crippen molar-refractivity contribution in [2.24, 2.45) is 11.8 Å². The number of nitrogens with zero attached hydrogens (tertiary/aromatic N) is 2. The average Bonchev–Trinajstić information content (AvgIpc) is 3.63. The monoisotopic (exact) mass is 703 g/mol. The molecule has 0 saturated carbocycles. The van der Waals surface area contributed by atoms with Crippen molar-refractivity contribution in [1.29, 1.82) is 0 Å². The SMILES string of the molecule is C=CCCC(=O)N[C@H](COC)[C@H](OC(=O)[C@H]1[C@@H]2O[C@@]3(CC2Br)[C@@H]1C(=O)N([C@H](C)CO)[C@@H]3C(=O)N(CC=C)C(C)C)c1ccccc1. The number of ether oxygens (including phenoxy) is 3. The van der Waals surface area contributed by atoms with Crippen LogP contribution in [0.15, 0.2) is 55.6 Å². The molecule has 1 spiro atoms. The first-order valence-corrected chi connectivity index (χ1v) is 16.7. The molecule has 1 aromatic carbocycles. The lowest BCUT2D eigenvalue weighted by Gasteiger charge is -2.39. The molecular formula is C34H46BrN3O8. The fraction of sp³-hybridized carbons (Fsp3) is 0.588. The molecule has 2 bridgehead atoms. The first kappa shape index (κ1) is 35.8. The van der Waals surface area contributed by atoms with Crippen LogP contribution in [0.2, 0.25) is 0 Å². The first-order chi connectivity index (χ1) is 22.0. The van der Waals surface area contributed by atoms with Gasteiger partial charge in [0.1, 0.15) is 17.7 Å². The molecule has 1 unspecified atom stereocenters. The molecule has 2 N–H and O–H groups in total. The van der Waals surface area contributed by atoms with Gasteiger partial charge in [0.05, 0.1) is 43.2 Å². The number of allylic oxidation sites excluding steroid dienone is 1. The molecule has 12 heteroatoms. The van der Waals surface area contributed by atoms with Gasteiger partial charge >= 0.3 is 5.97 Å². The summed E-state index contributed by atoms with van der Waals surface area (Å²) >= 11 is 3.69. The summed E-state index contributed by atoms with van der Waals surface area (Å²) in [6.07, 6.45) is 2.58. The number of hydrogen-bond acceptors (Lipinski definition) is 8. The van der Waals surface area contributed by atoms with Gasteiger partial charge in [0.15, 0.2) is 0 Å². The molecule has 1 aromatic rings. The van der Waals surface area contributed by atoms with Gasteiger partial charge in [-0.1, -0.05) is 58.4 Å². The lowest BCUT2D eigenvalue weighted by molar-refractivity contribution is -0.163. The van der Waals surface area contributed by atoms with Crippen molar-refractivity contribution >= 4 is 39.6 Å². The van der Waals surface area contributed by atoms with E-state index in [1.54, 1.807) is 48.2 Å². The Morgan fingerprint density at radius 1 is 1.22 bits per heavy atom. The first-order valence-electron chi connectivity index (χ1n) is 15.8. The Labute approximate surface area is 279 Å². The Balaban J connectivity index is 1.73. The maximum absolute atomic E-state index is 14.4. The molecule has 0 aromatic heterocycles. The van der Waals surface area contributed by atoms with E-state index < -0.39 is 59.6 Å². The number of fused-ring (bicyclic) bond motifs is 1. The van der Waals surface area contributed by atoms with Gasteiger partial charge in [0.2, 0.25) is 17.7 Å². The van der Waals surface area contributed by atoms with Crippen LogP contribution in [0.3, 0.4) is 0 Å². The Bertz CT molecular complexity index is 1290. The predicted molar refractivity (Wildman–Crippen MR) is 175 cm³/mol. The number of likely N-dealkylation sites (tertiary alicyclic amines) is 1. The Morgan fingerprint density at radius 3 is 2.50 bits per heavy atom. The maximum Gasteiger partial charge on any atom is 0.313 e. The molecule has 9 atom stereocenters. The minimum atomic E-state index is -1.32. The van der Waals surface area contributed by atoms with Crippen LogP contribution in [-0.4, -0.2) is 106 Å². The minimum absolute atomic E-state index is 0.0529. The van der Waals surface area contributed by atoms with Crippen LogP contribution < -0.4 is 5.32 Å². The van der Waals surface area contributed by atoms with Gasteiger partial charge in [-0.25, -0.2) is 0 Å². The van der Waals surface area contributed by atoms with Crippen molar-refractivity contribution in [1.82, 2.24) is 15.1 Å². The molecule has 46 heavy (non-hydrogen) atoms. The van der Waals surface area contributed by atoms with E-state index in [-0.39, 0.29) is 48.9 Å². The average molecular weight is 705 g/mol. The molecular weight excluding hydrogens is 658 g/mol. The number of rotatable bonds is 16. The molecule has 252 valence electrons. The number of carbonyl (C=O) groups excluding carboxylic acids is 4. The summed E-state index contributed by atoms with van der Waals surface area (Å²) in [6, 6.07) is 6.32. The third-order valence-electron chi connectivity index (χ3n) is 9.21. The van der Waals surface area contributed by atoms with Gasteiger partial charge in [-0.2, -0.15) is 0 Å². The van der Waals surface area contributed by atoms with Crippen molar-refractivity contribution in [3.63, 3.8) is 0 Å². The van der Waals surface area contributed by atoms with E-state index in [9.17, 15) is 24.3 Å². The highest BCUT2D eigenvalue weighted by atomic mass is 79.9. The summed E-state index contributed by atoms with van der Waals surface area (Å²) in [4.78, 5) is 58.5. The van der Waals surface area contributed by atoms with Gasteiger partial charge in [0.25, 0.3) is 0 Å². The molecule has 0 aliphatic carbocycles. The fourth-order valence-corrected chi connectivity index (χ4v) is 8.10. The van der Waals surface area contributed by atoms with Crippen molar-refractivity contribution in [3.05, 3.63) is 61.2 Å². The van der Waals surface area contributed by atoms with E-state index in [4.69, 9.17) is 14.2 Å². The number of nitrogens with one attached hydrogen (secondary N) is 1. The molecule has 3 heterocycles. The van der Waals surface area contributed by atoms with Crippen LogP contribution in [-0.2, 0) is 33.4 Å². The number of aliphatic hydroxyl groups is 1. The number of amides is 3. The van der Waals surface area contributed by atoms with Crippen molar-refractivity contribution in [2.75, 3.05) is 26.9 Å². The van der Waals surface area contributed by atoms with Crippen molar-refractivity contribution in [2.45, 2.75) is 86.8 Å². The number of hydrogen-bond donors (Lipinski definition) is 2. The lowest BCUT2D eigenvalue weighted by atomic mass is 9.70. The zero-order chi connectivity index (χ0) is 33.8. The van der Waals surface area contributed by atoms with Gasteiger partial charge in [-0.15, -0.1) is 13.2 Å². The standard InChI is InChI=1S/C34H46BrN3O8/c1-7-9-15-25(40)36-24(19-44-6)28(22-13-11-10-12-14-22)45-33(43)26-27-31(41)38(21(5)18-39)30(32(42)37(16-8-2)20(3)4)34(27)17-23(35)29(26)46-34/h7-8,10-14,20-21,23-24,26-30,39H,1-2,9,15-19H2,3-6H3,(H,36,40)/t21-,23?,24-,26-,27+,28-,29-,30-,34+/m1/s1. The van der Waals surface area contributed by atoms with Crippen LogP contribution in [0.25, 0.3) is 0 Å². The molecule has 3 saturated heterocycles. The van der Waals surface area contributed by atoms with E-state index in [0.717, 1.165) is 0 Å².